The fourth-order valence-corrected chi connectivity index (χ4v) is 4.02. The number of benzene rings is 1. The van der Waals surface area contributed by atoms with Crippen LogP contribution < -0.4 is 10.6 Å². The van der Waals surface area contributed by atoms with E-state index in [1.54, 1.807) is 0 Å². The Bertz CT molecular complexity index is 1310. The number of amides is 1. The van der Waals surface area contributed by atoms with Gasteiger partial charge < -0.3 is 20.3 Å². The first-order valence-electron chi connectivity index (χ1n) is 11.6. The number of carbonyl (C=O) groups excluding carboxylic acids is 1. The predicted molar refractivity (Wildman–Crippen MR) is 130 cm³/mol. The molecule has 1 aromatic carbocycles. The van der Waals surface area contributed by atoms with E-state index >= 15 is 0 Å². The van der Waals surface area contributed by atoms with Crippen molar-refractivity contribution >= 4 is 28.4 Å². The highest BCUT2D eigenvalue weighted by Crippen LogP contribution is 2.30. The van der Waals surface area contributed by atoms with E-state index in [-0.39, 0.29) is 11.8 Å². The Balaban J connectivity index is 1.50. The first-order chi connectivity index (χ1) is 16.3. The molecule has 180 valence electrons. The number of fused-ring (bicyclic) bond motifs is 3. The Morgan fingerprint density at radius 2 is 1.91 bits per heavy atom. The Morgan fingerprint density at radius 3 is 2.62 bits per heavy atom. The Kier molecular flexibility index (Phi) is 6.78. The molecule has 4 rings (SSSR count). The monoisotopic (exact) mass is 465 g/mol. The van der Waals surface area contributed by atoms with Crippen molar-refractivity contribution in [1.82, 2.24) is 30.1 Å². The summed E-state index contributed by atoms with van der Waals surface area (Å²) in [6, 6.07) is 6.08. The second-order valence-corrected chi connectivity index (χ2v) is 8.88. The number of rotatable bonds is 9. The number of unbranched alkanes of at least 4 members (excludes halogenated alkanes) is 1. The van der Waals surface area contributed by atoms with Gasteiger partial charge >= 0.3 is 0 Å². The van der Waals surface area contributed by atoms with Crippen LogP contribution in [0.5, 0.6) is 0 Å². The highest BCUT2D eigenvalue weighted by atomic mass is 16.5. The van der Waals surface area contributed by atoms with Crippen LogP contribution in [0.1, 0.15) is 44.0 Å². The fraction of sp³-hybridized carbons (Fsp3) is 0.458. The lowest BCUT2D eigenvalue weighted by molar-refractivity contribution is -0.131. The zero-order valence-corrected chi connectivity index (χ0v) is 20.2. The molecule has 3 N–H and O–H groups in total. The zero-order valence-electron chi connectivity index (χ0n) is 20.2. The van der Waals surface area contributed by atoms with Crippen molar-refractivity contribution in [2.45, 2.75) is 53.6 Å². The van der Waals surface area contributed by atoms with Gasteiger partial charge in [-0.15, -0.1) is 10.2 Å². The van der Waals surface area contributed by atoms with Crippen molar-refractivity contribution in [3.05, 3.63) is 35.5 Å². The predicted octanol–water partition coefficient (Wildman–Crippen LogP) is 3.18. The summed E-state index contributed by atoms with van der Waals surface area (Å²) in [5.41, 5.74) is 5.21. The van der Waals surface area contributed by atoms with E-state index in [0.717, 1.165) is 52.3 Å². The van der Waals surface area contributed by atoms with E-state index in [1.165, 1.54) is 0 Å². The molecule has 1 amide bonds. The van der Waals surface area contributed by atoms with Crippen LogP contribution in [0, 0.1) is 26.7 Å². The molecule has 0 saturated heterocycles. The van der Waals surface area contributed by atoms with E-state index in [0.29, 0.717) is 24.6 Å². The molecule has 0 radical (unpaired) electrons. The van der Waals surface area contributed by atoms with Crippen LogP contribution in [0.25, 0.3) is 27.8 Å². The van der Waals surface area contributed by atoms with E-state index < -0.39 is 6.10 Å². The van der Waals surface area contributed by atoms with Crippen LogP contribution in [-0.2, 0) is 4.79 Å². The lowest BCUT2D eigenvalue weighted by atomic mass is 10.0. The van der Waals surface area contributed by atoms with Crippen molar-refractivity contribution in [3.63, 3.8) is 0 Å². The molecule has 34 heavy (non-hydrogen) atoms. The number of nitrogens with one attached hydrogen (secondary N) is 2. The molecule has 0 saturated carbocycles. The summed E-state index contributed by atoms with van der Waals surface area (Å²) >= 11 is 0. The first-order valence-corrected chi connectivity index (χ1v) is 11.6. The highest BCUT2D eigenvalue weighted by Gasteiger charge is 2.18. The maximum absolute atomic E-state index is 11.9. The van der Waals surface area contributed by atoms with Crippen molar-refractivity contribution < 1.29 is 14.4 Å². The number of hydrogen-bond acceptors (Lipinski definition) is 8. The second-order valence-electron chi connectivity index (χ2n) is 8.88. The van der Waals surface area contributed by atoms with Gasteiger partial charge in [0.2, 0.25) is 11.6 Å². The number of aliphatic hydroxyl groups excluding tert-OH is 1. The van der Waals surface area contributed by atoms with E-state index in [2.05, 4.69) is 26.0 Å². The van der Waals surface area contributed by atoms with Crippen LogP contribution >= 0.6 is 0 Å². The summed E-state index contributed by atoms with van der Waals surface area (Å²) < 4.78 is 7.33. The van der Waals surface area contributed by atoms with Crippen LogP contribution in [0.2, 0.25) is 0 Å². The first kappa shape index (κ1) is 23.6. The SMILES string of the molecule is Cc1noc(C)c1-c1ccc2c(c1)nc(NCCCCNC(=O)C(O)C(C)C)c1nnc(C)n12. The summed E-state index contributed by atoms with van der Waals surface area (Å²) in [6.45, 7) is 10.5. The molecule has 0 aliphatic heterocycles. The number of hydrogen-bond donors (Lipinski definition) is 3. The van der Waals surface area contributed by atoms with Gasteiger partial charge in [-0.2, -0.15) is 0 Å². The molecule has 4 aromatic rings. The largest absolute Gasteiger partial charge is 0.383 e. The van der Waals surface area contributed by atoms with E-state index in [4.69, 9.17) is 9.51 Å². The minimum atomic E-state index is -0.973. The number of anilines is 1. The fourth-order valence-electron chi connectivity index (χ4n) is 4.02. The summed E-state index contributed by atoms with van der Waals surface area (Å²) in [5.74, 6) is 1.77. The lowest BCUT2D eigenvalue weighted by Gasteiger charge is -2.14. The van der Waals surface area contributed by atoms with Gasteiger partial charge in [0, 0.05) is 18.7 Å². The normalized spacial score (nSPS) is 12.6. The maximum Gasteiger partial charge on any atom is 0.249 e. The minimum Gasteiger partial charge on any atom is -0.383 e. The number of aliphatic hydroxyl groups is 1. The van der Waals surface area contributed by atoms with Gasteiger partial charge in [0.15, 0.2) is 5.82 Å². The molecular weight excluding hydrogens is 434 g/mol. The smallest absolute Gasteiger partial charge is 0.249 e. The molecule has 10 heteroatoms. The van der Waals surface area contributed by atoms with Gasteiger partial charge in [-0.1, -0.05) is 25.1 Å². The van der Waals surface area contributed by atoms with Gasteiger partial charge in [0.05, 0.1) is 16.7 Å². The van der Waals surface area contributed by atoms with Crippen LogP contribution in [0.3, 0.4) is 0 Å². The molecular formula is C24H31N7O3. The molecule has 10 nitrogen and oxygen atoms in total. The number of aromatic nitrogens is 5. The lowest BCUT2D eigenvalue weighted by Crippen LogP contribution is -2.38. The third-order valence-electron chi connectivity index (χ3n) is 5.90. The number of nitrogens with zero attached hydrogens (tertiary/aromatic N) is 5. The van der Waals surface area contributed by atoms with Gasteiger partial charge in [0.1, 0.15) is 17.7 Å². The summed E-state index contributed by atoms with van der Waals surface area (Å²) in [7, 11) is 0. The summed E-state index contributed by atoms with van der Waals surface area (Å²) in [6.07, 6.45) is 0.616. The third kappa shape index (κ3) is 4.58. The zero-order chi connectivity index (χ0) is 24.4. The molecule has 0 spiro atoms. The van der Waals surface area contributed by atoms with Gasteiger partial charge in [-0.05, 0) is 57.2 Å². The highest BCUT2D eigenvalue weighted by molar-refractivity contribution is 5.87. The van der Waals surface area contributed by atoms with E-state index in [1.807, 2.05) is 57.2 Å². The minimum absolute atomic E-state index is 0.104. The van der Waals surface area contributed by atoms with Crippen LogP contribution in [0.4, 0.5) is 5.82 Å². The van der Waals surface area contributed by atoms with Crippen molar-refractivity contribution in [1.29, 1.82) is 0 Å². The standard InChI is InChI=1S/C24H31N7O3/c1-13(2)21(32)24(33)26-11-7-6-10-25-22-23-29-28-16(5)31(23)19-9-8-17(12-18(19)27-22)20-14(3)30-34-15(20)4/h8-9,12-13,21,32H,6-7,10-11H2,1-5H3,(H,25,27)(H,26,33). The van der Waals surface area contributed by atoms with Crippen LogP contribution in [0.15, 0.2) is 22.7 Å². The summed E-state index contributed by atoms with van der Waals surface area (Å²) in [5, 5.41) is 28.6. The molecule has 0 fully saturated rings. The summed E-state index contributed by atoms with van der Waals surface area (Å²) in [4.78, 5) is 16.7. The molecule has 1 atom stereocenters. The molecule has 1 unspecified atom stereocenters. The van der Waals surface area contributed by atoms with Crippen LogP contribution in [-0.4, -0.2) is 54.9 Å². The third-order valence-corrected chi connectivity index (χ3v) is 5.90. The van der Waals surface area contributed by atoms with Crippen molar-refractivity contribution in [2.75, 3.05) is 18.4 Å². The Labute approximate surface area is 197 Å². The molecule has 0 bridgehead atoms. The molecule has 3 aromatic heterocycles. The van der Waals surface area contributed by atoms with Crippen molar-refractivity contribution in [3.8, 4) is 11.1 Å². The van der Waals surface area contributed by atoms with Gasteiger partial charge in [0.25, 0.3) is 0 Å². The van der Waals surface area contributed by atoms with E-state index in [9.17, 15) is 9.90 Å². The van der Waals surface area contributed by atoms with Gasteiger partial charge in [-0.3, -0.25) is 9.20 Å². The Hall–Kier alpha value is -3.53. The molecule has 0 aliphatic carbocycles. The Morgan fingerprint density at radius 1 is 1.15 bits per heavy atom. The number of carbonyl (C=O) groups is 1. The van der Waals surface area contributed by atoms with Gasteiger partial charge in [-0.25, -0.2) is 4.98 Å². The quantitative estimate of drug-likeness (QED) is 0.321. The molecule has 3 heterocycles. The second kappa shape index (κ2) is 9.76. The molecule has 0 aliphatic rings. The number of aryl methyl sites for hydroxylation is 3. The van der Waals surface area contributed by atoms with Crippen molar-refractivity contribution in [2.24, 2.45) is 5.92 Å². The maximum atomic E-state index is 11.9. The average Bonchev–Trinajstić information content (AvgIpc) is 3.36. The topological polar surface area (TPSA) is 130 Å². The average molecular weight is 466 g/mol.